The number of anilines is 1. The summed E-state index contributed by atoms with van der Waals surface area (Å²) in [5.41, 5.74) is 1.08. The average molecular weight is 327 g/mol. The highest BCUT2D eigenvalue weighted by Gasteiger charge is 2.31. The molecule has 104 valence electrons. The van der Waals surface area contributed by atoms with Crippen molar-refractivity contribution in [3.63, 3.8) is 0 Å². The Morgan fingerprint density at radius 2 is 2.21 bits per heavy atom. The highest BCUT2D eigenvalue weighted by Crippen LogP contribution is 2.26. The number of nitrogens with zero attached hydrogens (tertiary/aromatic N) is 2. The molecule has 1 aliphatic heterocycles. The minimum Gasteiger partial charge on any atom is -0.481 e. The topological polar surface area (TPSA) is 43.8 Å². The molecular weight excluding hydrogens is 308 g/mol. The van der Waals surface area contributed by atoms with E-state index in [0.717, 1.165) is 23.2 Å². The van der Waals surface area contributed by atoms with Crippen molar-refractivity contribution in [2.24, 2.45) is 0 Å². The second-order valence-electron chi connectivity index (χ2n) is 5.17. The number of hydrogen-bond acceptors (Lipinski definition) is 3. The number of hydrogen-bond donors (Lipinski definition) is 1. The highest BCUT2D eigenvalue weighted by atomic mass is 79.9. The summed E-state index contributed by atoms with van der Waals surface area (Å²) in [5.74, 6) is -0.743. The number of benzene rings is 1. The van der Waals surface area contributed by atoms with Crippen LogP contribution in [0.3, 0.4) is 0 Å². The lowest BCUT2D eigenvalue weighted by Crippen LogP contribution is -2.56. The van der Waals surface area contributed by atoms with Gasteiger partial charge in [0.1, 0.15) is 0 Å². The van der Waals surface area contributed by atoms with Gasteiger partial charge in [0.15, 0.2) is 0 Å². The first kappa shape index (κ1) is 14.3. The second kappa shape index (κ2) is 5.92. The fraction of sp³-hybridized carbons (Fsp3) is 0.500. The Kier molecular flexibility index (Phi) is 4.47. The fourth-order valence-corrected chi connectivity index (χ4v) is 2.92. The third kappa shape index (κ3) is 3.48. The molecule has 1 heterocycles. The van der Waals surface area contributed by atoms with Gasteiger partial charge in [-0.2, -0.15) is 0 Å². The van der Waals surface area contributed by atoms with Crippen molar-refractivity contribution in [3.05, 3.63) is 28.7 Å². The van der Waals surface area contributed by atoms with E-state index in [9.17, 15) is 4.79 Å². The summed E-state index contributed by atoms with van der Waals surface area (Å²) in [6, 6.07) is 8.50. The van der Waals surface area contributed by atoms with Crippen LogP contribution in [-0.4, -0.2) is 48.2 Å². The first-order valence-electron chi connectivity index (χ1n) is 6.41. The Morgan fingerprint density at radius 1 is 1.47 bits per heavy atom. The van der Waals surface area contributed by atoms with Gasteiger partial charge in [0.2, 0.25) is 0 Å². The van der Waals surface area contributed by atoms with Gasteiger partial charge in [0, 0.05) is 29.3 Å². The molecular formula is C14H19BrN2O2. The number of carboxylic acids is 1. The highest BCUT2D eigenvalue weighted by molar-refractivity contribution is 9.10. The molecule has 1 saturated heterocycles. The molecule has 1 N–H and O–H groups in total. The van der Waals surface area contributed by atoms with E-state index in [1.54, 1.807) is 0 Å². The first-order valence-corrected chi connectivity index (χ1v) is 7.21. The SMILES string of the molecule is CC1CN(c2cccc(Br)c2)C(CC(=O)O)CN1C. The number of piperazine rings is 1. The van der Waals surface area contributed by atoms with Crippen molar-refractivity contribution in [1.82, 2.24) is 4.90 Å². The van der Waals surface area contributed by atoms with Gasteiger partial charge >= 0.3 is 5.97 Å². The molecule has 0 radical (unpaired) electrons. The summed E-state index contributed by atoms with van der Waals surface area (Å²) in [6.07, 6.45) is 0.170. The smallest absolute Gasteiger partial charge is 0.305 e. The Hall–Kier alpha value is -1.07. The normalized spacial score (nSPS) is 24.5. The second-order valence-corrected chi connectivity index (χ2v) is 6.09. The molecule has 19 heavy (non-hydrogen) atoms. The first-order chi connectivity index (χ1) is 8.97. The minimum atomic E-state index is -0.743. The van der Waals surface area contributed by atoms with Gasteiger partial charge in [-0.15, -0.1) is 0 Å². The van der Waals surface area contributed by atoms with E-state index in [1.165, 1.54) is 0 Å². The molecule has 4 nitrogen and oxygen atoms in total. The molecule has 0 aromatic heterocycles. The van der Waals surface area contributed by atoms with E-state index in [2.05, 4.69) is 39.7 Å². The Bertz CT molecular complexity index is 467. The molecule has 2 atom stereocenters. The molecule has 1 fully saturated rings. The molecule has 1 aliphatic rings. The predicted octanol–water partition coefficient (Wildman–Crippen LogP) is 2.43. The zero-order valence-electron chi connectivity index (χ0n) is 11.2. The molecule has 5 heteroatoms. The summed E-state index contributed by atoms with van der Waals surface area (Å²) in [4.78, 5) is 15.5. The number of carbonyl (C=O) groups is 1. The maximum atomic E-state index is 11.0. The van der Waals surface area contributed by atoms with Crippen LogP contribution in [0.2, 0.25) is 0 Å². The zero-order chi connectivity index (χ0) is 14.0. The van der Waals surface area contributed by atoms with Crippen LogP contribution in [0.1, 0.15) is 13.3 Å². The molecule has 2 rings (SSSR count). The molecule has 0 saturated carbocycles. The van der Waals surface area contributed by atoms with Gasteiger partial charge in [-0.1, -0.05) is 22.0 Å². The lowest BCUT2D eigenvalue weighted by Gasteiger charge is -2.44. The zero-order valence-corrected chi connectivity index (χ0v) is 12.8. The largest absolute Gasteiger partial charge is 0.481 e. The van der Waals surface area contributed by atoms with E-state index in [4.69, 9.17) is 5.11 Å². The maximum Gasteiger partial charge on any atom is 0.305 e. The van der Waals surface area contributed by atoms with Gasteiger partial charge in [0.05, 0.1) is 12.5 Å². The molecule has 1 aromatic carbocycles. The molecule has 0 bridgehead atoms. The van der Waals surface area contributed by atoms with Crippen LogP contribution in [-0.2, 0) is 4.79 Å². The third-order valence-electron chi connectivity index (χ3n) is 3.70. The Balaban J connectivity index is 2.25. The monoisotopic (exact) mass is 326 g/mol. The van der Waals surface area contributed by atoms with Crippen LogP contribution >= 0.6 is 15.9 Å². The van der Waals surface area contributed by atoms with Gasteiger partial charge < -0.3 is 10.0 Å². The molecule has 0 aliphatic carbocycles. The van der Waals surface area contributed by atoms with Crippen molar-refractivity contribution in [2.45, 2.75) is 25.4 Å². The van der Waals surface area contributed by atoms with E-state index < -0.39 is 5.97 Å². The molecule has 0 spiro atoms. The van der Waals surface area contributed by atoms with Crippen LogP contribution in [0.4, 0.5) is 5.69 Å². The van der Waals surface area contributed by atoms with Gasteiger partial charge in [0.25, 0.3) is 0 Å². The van der Waals surface area contributed by atoms with Crippen molar-refractivity contribution in [2.75, 3.05) is 25.0 Å². The van der Waals surface area contributed by atoms with Crippen LogP contribution in [0, 0.1) is 0 Å². The van der Waals surface area contributed by atoms with Crippen molar-refractivity contribution >= 4 is 27.6 Å². The summed E-state index contributed by atoms with van der Waals surface area (Å²) in [6.45, 7) is 3.80. The minimum absolute atomic E-state index is 0.0213. The third-order valence-corrected chi connectivity index (χ3v) is 4.20. The van der Waals surface area contributed by atoms with Crippen LogP contribution < -0.4 is 4.90 Å². The van der Waals surface area contributed by atoms with Crippen LogP contribution in [0.5, 0.6) is 0 Å². The maximum absolute atomic E-state index is 11.0. The summed E-state index contributed by atoms with van der Waals surface area (Å²) < 4.78 is 1.02. The van der Waals surface area contributed by atoms with Crippen LogP contribution in [0.15, 0.2) is 28.7 Å². The van der Waals surface area contributed by atoms with Gasteiger partial charge in [-0.3, -0.25) is 9.69 Å². The lowest BCUT2D eigenvalue weighted by atomic mass is 10.0. The fourth-order valence-electron chi connectivity index (χ4n) is 2.53. The van der Waals surface area contributed by atoms with E-state index in [1.807, 2.05) is 24.3 Å². The molecule has 1 aromatic rings. The summed E-state index contributed by atoms with van der Waals surface area (Å²) in [5, 5.41) is 9.08. The van der Waals surface area contributed by atoms with Crippen molar-refractivity contribution in [3.8, 4) is 0 Å². The number of rotatable bonds is 3. The quantitative estimate of drug-likeness (QED) is 0.926. The average Bonchev–Trinajstić information content (AvgIpc) is 2.33. The number of halogens is 1. The van der Waals surface area contributed by atoms with Crippen LogP contribution in [0.25, 0.3) is 0 Å². The lowest BCUT2D eigenvalue weighted by molar-refractivity contribution is -0.137. The Morgan fingerprint density at radius 3 is 2.84 bits per heavy atom. The Labute approximate surface area is 122 Å². The summed E-state index contributed by atoms with van der Waals surface area (Å²) in [7, 11) is 2.05. The number of aliphatic carboxylic acids is 1. The standard InChI is InChI=1S/C14H19BrN2O2/c1-10-8-17(12-5-3-4-11(15)6-12)13(7-14(18)19)9-16(10)2/h3-6,10,13H,7-9H2,1-2H3,(H,18,19). The van der Waals surface area contributed by atoms with Crippen molar-refractivity contribution in [1.29, 1.82) is 0 Å². The van der Waals surface area contributed by atoms with Crippen molar-refractivity contribution < 1.29 is 9.90 Å². The number of carboxylic acid groups (broad SMARTS) is 1. The molecule has 2 unspecified atom stereocenters. The number of likely N-dealkylation sites (N-methyl/N-ethyl adjacent to an activating group) is 1. The van der Waals surface area contributed by atoms with E-state index >= 15 is 0 Å². The predicted molar refractivity (Wildman–Crippen MR) is 79.6 cm³/mol. The van der Waals surface area contributed by atoms with E-state index in [-0.39, 0.29) is 12.5 Å². The van der Waals surface area contributed by atoms with Gasteiger partial charge in [-0.25, -0.2) is 0 Å². The van der Waals surface area contributed by atoms with E-state index in [0.29, 0.717) is 6.04 Å². The summed E-state index contributed by atoms with van der Waals surface area (Å²) >= 11 is 3.47. The van der Waals surface area contributed by atoms with Gasteiger partial charge in [-0.05, 0) is 32.2 Å². The molecule has 0 amide bonds.